The fourth-order valence-corrected chi connectivity index (χ4v) is 4.97. The molecule has 1 aliphatic rings. The second-order valence-corrected chi connectivity index (χ2v) is 10.6. The van der Waals surface area contributed by atoms with Gasteiger partial charge in [-0.05, 0) is 80.1 Å². The number of nitriles is 1. The Labute approximate surface area is 242 Å². The van der Waals surface area contributed by atoms with Crippen LogP contribution in [0.4, 0.5) is 22.0 Å². The van der Waals surface area contributed by atoms with E-state index in [0.717, 1.165) is 31.0 Å². The van der Waals surface area contributed by atoms with Crippen LogP contribution in [0.15, 0.2) is 52.9 Å². The van der Waals surface area contributed by atoms with E-state index in [0.29, 0.717) is 5.56 Å². The monoisotopic (exact) mass is 596 g/mol. The van der Waals surface area contributed by atoms with E-state index in [1.54, 1.807) is 6.92 Å². The Balaban J connectivity index is 1.67. The van der Waals surface area contributed by atoms with Gasteiger partial charge >= 0.3 is 6.18 Å². The minimum absolute atomic E-state index is 0.00882. The lowest BCUT2D eigenvalue weighted by Crippen LogP contribution is -2.46. The molecule has 1 fully saturated rings. The van der Waals surface area contributed by atoms with E-state index in [1.807, 2.05) is 0 Å². The maximum Gasteiger partial charge on any atom is 0.389 e. The van der Waals surface area contributed by atoms with Crippen LogP contribution >= 0.6 is 0 Å². The number of fused-ring (bicyclic) bond motifs is 1. The largest absolute Gasteiger partial charge is 0.437 e. The maximum absolute atomic E-state index is 14.9. The molecular weight excluding hydrogens is 571 g/mol. The molecule has 2 aromatic heterocycles. The molecule has 4 aromatic rings. The van der Waals surface area contributed by atoms with Crippen LogP contribution in [0.1, 0.15) is 52.6 Å². The predicted octanol–water partition coefficient (Wildman–Crippen LogP) is 6.72. The molecule has 7 nitrogen and oxygen atoms in total. The van der Waals surface area contributed by atoms with Gasteiger partial charge in [-0.1, -0.05) is 6.07 Å². The van der Waals surface area contributed by atoms with Crippen molar-refractivity contribution in [3.8, 4) is 28.5 Å². The summed E-state index contributed by atoms with van der Waals surface area (Å²) in [4.78, 5) is 30.5. The lowest BCUT2D eigenvalue weighted by molar-refractivity contribution is -0.134. The fourth-order valence-electron chi connectivity index (χ4n) is 4.97. The molecule has 1 aliphatic carbocycles. The molecule has 5 rings (SSSR count). The molecule has 0 unspecified atom stereocenters. The minimum Gasteiger partial charge on any atom is -0.437 e. The standard InChI is InChI=1S/C31H25F5N4O3/c1-30(15-37,18-6-7-18)40-27(41)21-13-17(5-10-23(21)33)20-14-22-25(28(42)38-2)26(16-3-8-19(32)9-4-16)43-29(22)39-24(20)11-12-31(34,35)36/h3-5,8-10,13-14,18H,6-7,11-12H2,1-2H3,(H,38,42)(H,40,41)/t30-/m1/s1. The number of halogens is 5. The smallest absolute Gasteiger partial charge is 0.389 e. The number of hydrogen-bond acceptors (Lipinski definition) is 5. The quantitative estimate of drug-likeness (QED) is 0.220. The first kappa shape index (κ1) is 29.7. The lowest BCUT2D eigenvalue weighted by Gasteiger charge is -2.23. The normalized spacial score (nSPS) is 14.7. The zero-order chi connectivity index (χ0) is 31.1. The molecular formula is C31H25F5N4O3. The van der Waals surface area contributed by atoms with Crippen LogP contribution in [0.25, 0.3) is 33.6 Å². The highest BCUT2D eigenvalue weighted by molar-refractivity contribution is 6.11. The molecule has 0 saturated heterocycles. The number of carbonyl (C=O) groups excluding carboxylic acids is 2. The number of aromatic nitrogens is 1. The minimum atomic E-state index is -4.53. The number of aryl methyl sites for hydroxylation is 1. The molecule has 12 heteroatoms. The van der Waals surface area contributed by atoms with Crippen molar-refractivity contribution >= 4 is 22.9 Å². The average molecular weight is 597 g/mol. The van der Waals surface area contributed by atoms with Gasteiger partial charge in [-0.15, -0.1) is 0 Å². The van der Waals surface area contributed by atoms with Crippen LogP contribution in [-0.2, 0) is 6.42 Å². The van der Waals surface area contributed by atoms with E-state index in [4.69, 9.17) is 4.42 Å². The first-order valence-electron chi connectivity index (χ1n) is 13.4. The predicted molar refractivity (Wildman–Crippen MR) is 147 cm³/mol. The Morgan fingerprint density at radius 2 is 1.72 bits per heavy atom. The highest BCUT2D eigenvalue weighted by Crippen LogP contribution is 2.40. The summed E-state index contributed by atoms with van der Waals surface area (Å²) in [5.41, 5.74) is -1.20. The summed E-state index contributed by atoms with van der Waals surface area (Å²) in [7, 11) is 1.38. The van der Waals surface area contributed by atoms with E-state index in [9.17, 15) is 36.8 Å². The average Bonchev–Trinajstić information content (AvgIpc) is 3.77. The molecule has 0 radical (unpaired) electrons. The Morgan fingerprint density at radius 3 is 2.33 bits per heavy atom. The van der Waals surface area contributed by atoms with Crippen molar-refractivity contribution in [2.45, 2.75) is 44.3 Å². The Hall–Kier alpha value is -4.79. The lowest BCUT2D eigenvalue weighted by atomic mass is 9.95. The summed E-state index contributed by atoms with van der Waals surface area (Å²) in [6.45, 7) is 1.55. The summed E-state index contributed by atoms with van der Waals surface area (Å²) < 4.78 is 74.2. The van der Waals surface area contributed by atoms with Crippen LogP contribution in [0.3, 0.4) is 0 Å². The summed E-state index contributed by atoms with van der Waals surface area (Å²) in [6, 6.07) is 12.0. The summed E-state index contributed by atoms with van der Waals surface area (Å²) in [5, 5.41) is 14.9. The number of alkyl halides is 3. The summed E-state index contributed by atoms with van der Waals surface area (Å²) >= 11 is 0. The van der Waals surface area contributed by atoms with Gasteiger partial charge in [-0.2, -0.15) is 18.4 Å². The van der Waals surface area contributed by atoms with Crippen molar-refractivity contribution in [1.29, 1.82) is 5.26 Å². The van der Waals surface area contributed by atoms with Crippen molar-refractivity contribution in [1.82, 2.24) is 15.6 Å². The number of nitrogens with one attached hydrogen (secondary N) is 2. The number of pyridine rings is 1. The fraction of sp³-hybridized carbons (Fsp3) is 0.290. The molecule has 0 bridgehead atoms. The molecule has 43 heavy (non-hydrogen) atoms. The number of furan rings is 1. The van der Waals surface area contributed by atoms with Crippen LogP contribution in [0.2, 0.25) is 0 Å². The van der Waals surface area contributed by atoms with Gasteiger partial charge in [0.15, 0.2) is 0 Å². The van der Waals surface area contributed by atoms with E-state index < -0.39 is 53.6 Å². The topological polar surface area (TPSA) is 108 Å². The molecule has 0 spiro atoms. The third-order valence-corrected chi connectivity index (χ3v) is 7.49. The highest BCUT2D eigenvalue weighted by Gasteiger charge is 2.43. The number of amides is 2. The van der Waals surface area contributed by atoms with Gasteiger partial charge in [0, 0.05) is 24.6 Å². The van der Waals surface area contributed by atoms with Crippen LogP contribution in [-0.4, -0.2) is 35.6 Å². The maximum atomic E-state index is 14.9. The molecule has 222 valence electrons. The Bertz CT molecular complexity index is 1770. The Morgan fingerprint density at radius 1 is 1.05 bits per heavy atom. The van der Waals surface area contributed by atoms with Crippen molar-refractivity contribution in [3.63, 3.8) is 0 Å². The van der Waals surface area contributed by atoms with Gasteiger partial charge in [0.2, 0.25) is 5.71 Å². The highest BCUT2D eigenvalue weighted by atomic mass is 19.4. The van der Waals surface area contributed by atoms with E-state index >= 15 is 0 Å². The number of carbonyl (C=O) groups is 2. The zero-order valence-corrected chi connectivity index (χ0v) is 23.0. The van der Waals surface area contributed by atoms with Crippen molar-refractivity contribution < 1.29 is 36.0 Å². The summed E-state index contributed by atoms with van der Waals surface area (Å²) in [6.07, 6.45) is -4.87. The third kappa shape index (κ3) is 6.07. The van der Waals surface area contributed by atoms with E-state index in [-0.39, 0.29) is 45.2 Å². The molecule has 2 N–H and O–H groups in total. The van der Waals surface area contributed by atoms with Crippen molar-refractivity contribution in [2.24, 2.45) is 5.92 Å². The molecule has 1 saturated carbocycles. The molecule has 2 heterocycles. The molecule has 2 aromatic carbocycles. The van der Waals surface area contributed by atoms with Crippen LogP contribution < -0.4 is 10.6 Å². The van der Waals surface area contributed by atoms with Crippen molar-refractivity contribution in [2.75, 3.05) is 7.05 Å². The second-order valence-electron chi connectivity index (χ2n) is 10.6. The second kappa shape index (κ2) is 11.1. The SMILES string of the molecule is CNC(=O)c1c(-c2ccc(F)cc2)oc2nc(CCC(F)(F)F)c(-c3ccc(F)c(C(=O)N[C@](C)(C#N)C4CC4)c3)cc12. The summed E-state index contributed by atoms with van der Waals surface area (Å²) in [5.74, 6) is -2.92. The van der Waals surface area contributed by atoms with Gasteiger partial charge in [0.25, 0.3) is 11.8 Å². The van der Waals surface area contributed by atoms with Crippen LogP contribution in [0.5, 0.6) is 0 Å². The number of benzene rings is 2. The molecule has 2 amide bonds. The van der Waals surface area contributed by atoms with Crippen LogP contribution in [0, 0.1) is 28.9 Å². The van der Waals surface area contributed by atoms with Gasteiger partial charge in [0.1, 0.15) is 22.9 Å². The van der Waals surface area contributed by atoms with E-state index in [2.05, 4.69) is 21.7 Å². The molecule has 1 atom stereocenters. The van der Waals surface area contributed by atoms with Crippen molar-refractivity contribution in [3.05, 3.63) is 77.0 Å². The number of rotatable bonds is 8. The van der Waals surface area contributed by atoms with Gasteiger partial charge in [-0.25, -0.2) is 13.8 Å². The zero-order valence-electron chi connectivity index (χ0n) is 23.0. The first-order valence-corrected chi connectivity index (χ1v) is 13.4. The number of hydrogen-bond donors (Lipinski definition) is 2. The van der Waals surface area contributed by atoms with Gasteiger partial charge < -0.3 is 15.1 Å². The Kier molecular flexibility index (Phi) is 7.69. The molecule has 0 aliphatic heterocycles. The third-order valence-electron chi connectivity index (χ3n) is 7.49. The van der Waals surface area contributed by atoms with E-state index in [1.165, 1.54) is 37.4 Å². The first-order chi connectivity index (χ1) is 20.3. The number of nitrogens with zero attached hydrogens (tertiary/aromatic N) is 2. The van der Waals surface area contributed by atoms with Gasteiger partial charge in [0.05, 0.1) is 28.3 Å². The van der Waals surface area contributed by atoms with Gasteiger partial charge in [-0.3, -0.25) is 9.59 Å².